The summed E-state index contributed by atoms with van der Waals surface area (Å²) in [4.78, 5) is 24.1. The molecule has 1 aliphatic carbocycles. The van der Waals surface area contributed by atoms with E-state index >= 15 is 0 Å². The number of carbonyl (C=O) groups is 2. The van der Waals surface area contributed by atoms with Crippen molar-refractivity contribution in [3.05, 3.63) is 11.1 Å². The number of alkyl halides is 1. The Morgan fingerprint density at radius 3 is 2.15 bits per heavy atom. The first-order valence-electron chi connectivity index (χ1n) is 4.25. The first kappa shape index (κ1) is 8.75. The highest BCUT2D eigenvalue weighted by atomic mass is 35.5. The molecule has 3 nitrogen and oxygen atoms in total. The van der Waals surface area contributed by atoms with Crippen molar-refractivity contribution >= 4 is 23.4 Å². The predicted molar refractivity (Wildman–Crippen MR) is 48.2 cm³/mol. The zero-order valence-electron chi connectivity index (χ0n) is 7.34. The first-order valence-corrected chi connectivity index (χ1v) is 4.79. The van der Waals surface area contributed by atoms with Crippen molar-refractivity contribution in [2.75, 3.05) is 12.9 Å². The van der Waals surface area contributed by atoms with Crippen LogP contribution in [0.15, 0.2) is 11.1 Å². The van der Waals surface area contributed by atoms with Gasteiger partial charge in [-0.05, 0) is 18.8 Å². The van der Waals surface area contributed by atoms with Crippen LogP contribution >= 0.6 is 11.6 Å². The average molecular weight is 200 g/mol. The number of rotatable bonds is 1. The lowest BCUT2D eigenvalue weighted by molar-refractivity contribution is -0.136. The molecule has 2 aliphatic rings. The highest BCUT2D eigenvalue weighted by Gasteiger charge is 2.41. The van der Waals surface area contributed by atoms with Gasteiger partial charge in [0.2, 0.25) is 0 Å². The Kier molecular flexibility index (Phi) is 1.91. The molecule has 0 unspecified atom stereocenters. The number of imide groups is 1. The number of likely N-dealkylation sites (N-methyl/N-ethyl adjacent to an activating group) is 1. The maximum Gasteiger partial charge on any atom is 0.256 e. The van der Waals surface area contributed by atoms with Crippen LogP contribution in [0.2, 0.25) is 0 Å². The SMILES string of the molecule is CN1C(=O)C2=C(CC(CCl)C2)C1=O. The zero-order chi connectivity index (χ0) is 9.59. The van der Waals surface area contributed by atoms with Gasteiger partial charge in [0.05, 0.1) is 0 Å². The van der Waals surface area contributed by atoms with E-state index in [4.69, 9.17) is 11.6 Å². The van der Waals surface area contributed by atoms with E-state index in [9.17, 15) is 9.59 Å². The number of amides is 2. The molecule has 0 N–H and O–H groups in total. The summed E-state index contributed by atoms with van der Waals surface area (Å²) in [5, 5.41) is 0. The number of likely N-dealkylation sites (tertiary alicyclic amines) is 1. The minimum atomic E-state index is -0.132. The van der Waals surface area contributed by atoms with E-state index in [1.54, 1.807) is 0 Å². The molecule has 0 saturated carbocycles. The molecule has 0 spiro atoms. The van der Waals surface area contributed by atoms with Crippen molar-refractivity contribution < 1.29 is 9.59 Å². The number of hydrogen-bond acceptors (Lipinski definition) is 2. The minimum absolute atomic E-state index is 0.132. The lowest BCUT2D eigenvalue weighted by Gasteiger charge is -2.12. The van der Waals surface area contributed by atoms with Crippen LogP contribution in [0.1, 0.15) is 12.8 Å². The molecule has 0 saturated heterocycles. The molecule has 13 heavy (non-hydrogen) atoms. The summed E-state index contributed by atoms with van der Waals surface area (Å²) in [6, 6.07) is 0. The van der Waals surface area contributed by atoms with Crippen molar-refractivity contribution in [2.24, 2.45) is 5.92 Å². The number of halogens is 1. The normalized spacial score (nSPS) is 23.4. The van der Waals surface area contributed by atoms with Gasteiger partial charge < -0.3 is 0 Å². The van der Waals surface area contributed by atoms with Crippen molar-refractivity contribution in [3.63, 3.8) is 0 Å². The van der Waals surface area contributed by atoms with Crippen LogP contribution in [0.4, 0.5) is 0 Å². The smallest absolute Gasteiger partial charge is 0.256 e. The Morgan fingerprint density at radius 1 is 1.31 bits per heavy atom. The van der Waals surface area contributed by atoms with Crippen molar-refractivity contribution in [1.82, 2.24) is 4.90 Å². The second-order valence-electron chi connectivity index (χ2n) is 3.56. The van der Waals surface area contributed by atoms with Gasteiger partial charge in [-0.2, -0.15) is 0 Å². The molecule has 0 aromatic carbocycles. The van der Waals surface area contributed by atoms with Gasteiger partial charge in [0.15, 0.2) is 0 Å². The topological polar surface area (TPSA) is 37.4 Å². The molecule has 0 radical (unpaired) electrons. The number of hydrogen-bond donors (Lipinski definition) is 0. The molecule has 1 heterocycles. The van der Waals surface area contributed by atoms with E-state index in [1.165, 1.54) is 11.9 Å². The number of carbonyl (C=O) groups excluding carboxylic acids is 2. The average Bonchev–Trinajstić information content (AvgIpc) is 2.64. The van der Waals surface area contributed by atoms with Gasteiger partial charge in [0.1, 0.15) is 0 Å². The van der Waals surface area contributed by atoms with E-state index in [1.807, 2.05) is 0 Å². The molecular weight excluding hydrogens is 190 g/mol. The van der Waals surface area contributed by atoms with Crippen LogP contribution in [0.5, 0.6) is 0 Å². The van der Waals surface area contributed by atoms with Crippen LogP contribution < -0.4 is 0 Å². The summed E-state index contributed by atoms with van der Waals surface area (Å²) in [5.41, 5.74) is 1.39. The van der Waals surface area contributed by atoms with E-state index in [0.717, 1.165) is 0 Å². The fraction of sp³-hybridized carbons (Fsp3) is 0.556. The summed E-state index contributed by atoms with van der Waals surface area (Å²) >= 11 is 5.69. The van der Waals surface area contributed by atoms with Gasteiger partial charge in [-0.15, -0.1) is 11.6 Å². The number of nitrogens with zero attached hydrogens (tertiary/aromatic N) is 1. The molecule has 0 fully saturated rings. The lowest BCUT2D eigenvalue weighted by atomic mass is 10.1. The second kappa shape index (κ2) is 2.84. The monoisotopic (exact) mass is 199 g/mol. The predicted octanol–water partition coefficient (Wildman–Crippen LogP) is 0.930. The Labute approximate surface area is 81.3 Å². The second-order valence-corrected chi connectivity index (χ2v) is 3.86. The van der Waals surface area contributed by atoms with E-state index in [2.05, 4.69) is 0 Å². The van der Waals surface area contributed by atoms with Crippen molar-refractivity contribution in [1.29, 1.82) is 0 Å². The maximum atomic E-state index is 11.5. The van der Waals surface area contributed by atoms with Crippen LogP contribution in [-0.4, -0.2) is 29.6 Å². The third-order valence-electron chi connectivity index (χ3n) is 2.69. The van der Waals surface area contributed by atoms with E-state index in [-0.39, 0.29) is 17.7 Å². The standard InChI is InChI=1S/C9H10ClNO2/c1-11-8(12)6-2-5(4-10)3-7(6)9(11)13/h5H,2-4H2,1H3. The van der Waals surface area contributed by atoms with Crippen molar-refractivity contribution in [3.8, 4) is 0 Å². The fourth-order valence-electron chi connectivity index (χ4n) is 1.93. The highest BCUT2D eigenvalue weighted by Crippen LogP contribution is 2.37. The van der Waals surface area contributed by atoms with Gasteiger partial charge in [-0.25, -0.2) is 0 Å². The molecule has 0 atom stereocenters. The Balaban J connectivity index is 2.27. The highest BCUT2D eigenvalue weighted by molar-refractivity contribution is 6.21. The van der Waals surface area contributed by atoms with Crippen LogP contribution in [0.3, 0.4) is 0 Å². The third kappa shape index (κ3) is 1.10. The largest absolute Gasteiger partial charge is 0.278 e. The van der Waals surface area contributed by atoms with Crippen LogP contribution in [0.25, 0.3) is 0 Å². The maximum absolute atomic E-state index is 11.5. The fourth-order valence-corrected chi connectivity index (χ4v) is 2.15. The van der Waals surface area contributed by atoms with E-state index in [0.29, 0.717) is 29.9 Å². The summed E-state index contributed by atoms with van der Waals surface area (Å²) in [5.74, 6) is 0.547. The van der Waals surface area contributed by atoms with E-state index < -0.39 is 0 Å². The first-order chi connectivity index (χ1) is 6.15. The van der Waals surface area contributed by atoms with Crippen LogP contribution in [0, 0.1) is 5.92 Å². The molecule has 0 aromatic rings. The lowest BCUT2D eigenvalue weighted by Crippen LogP contribution is -2.28. The zero-order valence-corrected chi connectivity index (χ0v) is 8.10. The van der Waals surface area contributed by atoms with Gasteiger partial charge in [-0.1, -0.05) is 0 Å². The summed E-state index contributed by atoms with van der Waals surface area (Å²) in [7, 11) is 1.53. The molecule has 4 heteroatoms. The third-order valence-corrected chi connectivity index (χ3v) is 3.13. The Hall–Kier alpha value is -0.830. The molecule has 2 amide bonds. The molecule has 70 valence electrons. The quantitative estimate of drug-likeness (QED) is 0.466. The van der Waals surface area contributed by atoms with Gasteiger partial charge in [0, 0.05) is 24.1 Å². The Morgan fingerprint density at radius 2 is 1.77 bits per heavy atom. The molecular formula is C9H10ClNO2. The molecule has 0 bridgehead atoms. The van der Waals surface area contributed by atoms with Gasteiger partial charge in [-0.3, -0.25) is 14.5 Å². The Bertz CT molecular complexity index is 294. The minimum Gasteiger partial charge on any atom is -0.278 e. The van der Waals surface area contributed by atoms with Gasteiger partial charge in [0.25, 0.3) is 11.8 Å². The van der Waals surface area contributed by atoms with Crippen molar-refractivity contribution in [2.45, 2.75) is 12.8 Å². The molecule has 0 aromatic heterocycles. The molecule has 2 rings (SSSR count). The molecule has 1 aliphatic heterocycles. The van der Waals surface area contributed by atoms with Gasteiger partial charge >= 0.3 is 0 Å². The summed E-state index contributed by atoms with van der Waals surface area (Å²) in [6.45, 7) is 0. The summed E-state index contributed by atoms with van der Waals surface area (Å²) in [6.07, 6.45) is 1.35. The van der Waals surface area contributed by atoms with Crippen LogP contribution in [-0.2, 0) is 9.59 Å². The summed E-state index contributed by atoms with van der Waals surface area (Å²) < 4.78 is 0.